The van der Waals surface area contributed by atoms with E-state index in [1.807, 2.05) is 6.08 Å². The number of unbranched alkanes of at least 4 members (excludes halogenated alkanes) is 1. The van der Waals surface area contributed by atoms with Crippen molar-refractivity contribution in [3.63, 3.8) is 0 Å². The molecule has 0 radical (unpaired) electrons. The lowest BCUT2D eigenvalue weighted by atomic mass is 9.87. The van der Waals surface area contributed by atoms with Crippen LogP contribution in [0.1, 0.15) is 84.4 Å². The summed E-state index contributed by atoms with van der Waals surface area (Å²) in [5.41, 5.74) is 2.26. The minimum Gasteiger partial charge on any atom is -0.217 e. The lowest BCUT2D eigenvalue weighted by Crippen LogP contribution is -2.26. The van der Waals surface area contributed by atoms with Gasteiger partial charge in [-0.1, -0.05) is 65.8 Å². The van der Waals surface area contributed by atoms with Gasteiger partial charge >= 0.3 is 0 Å². The van der Waals surface area contributed by atoms with Gasteiger partial charge in [-0.05, 0) is 43.7 Å². The van der Waals surface area contributed by atoms with Crippen LogP contribution in [-0.2, 0) is 17.3 Å². The highest BCUT2D eigenvalue weighted by Crippen LogP contribution is 2.30. The first-order valence-corrected chi connectivity index (χ1v) is 10.2. The van der Waals surface area contributed by atoms with Crippen molar-refractivity contribution in [3.05, 3.63) is 54.1 Å². The molecule has 0 fully saturated rings. The topological polar surface area (TPSA) is 38.7 Å². The van der Waals surface area contributed by atoms with Crippen LogP contribution in [0, 0.1) is 0 Å². The zero-order valence-electron chi connectivity index (χ0n) is 18.0. The summed E-state index contributed by atoms with van der Waals surface area (Å²) in [5, 5.41) is 0. The average Bonchev–Trinajstić information content (AvgIpc) is 2.68. The number of hydrogen-bond acceptors (Lipinski definition) is 3. The SMILES string of the molecule is C=CCCCc1cccc(-c2nc(C(C)(C)CC)nc(C(C)(C)CC)n2)c1. The molecule has 0 aliphatic rings. The third kappa shape index (κ3) is 5.24. The lowest BCUT2D eigenvalue weighted by molar-refractivity contribution is 0.434. The molecule has 146 valence electrons. The number of rotatable bonds is 9. The van der Waals surface area contributed by atoms with E-state index in [4.69, 9.17) is 15.0 Å². The summed E-state index contributed by atoms with van der Waals surface area (Å²) in [6.07, 6.45) is 7.17. The Bertz CT molecular complexity index is 741. The van der Waals surface area contributed by atoms with Gasteiger partial charge in [-0.25, -0.2) is 15.0 Å². The Morgan fingerprint density at radius 2 is 1.52 bits per heavy atom. The molecule has 0 aliphatic heterocycles. The summed E-state index contributed by atoms with van der Waals surface area (Å²) in [5.74, 6) is 2.58. The van der Waals surface area contributed by atoms with Crippen LogP contribution in [0.25, 0.3) is 11.4 Å². The van der Waals surface area contributed by atoms with Gasteiger partial charge in [0, 0.05) is 16.4 Å². The molecule has 3 nitrogen and oxygen atoms in total. The molecule has 0 saturated heterocycles. The molecule has 0 atom stereocenters. The van der Waals surface area contributed by atoms with E-state index < -0.39 is 0 Å². The van der Waals surface area contributed by atoms with E-state index in [0.29, 0.717) is 0 Å². The van der Waals surface area contributed by atoms with Gasteiger partial charge in [-0.3, -0.25) is 0 Å². The molecule has 27 heavy (non-hydrogen) atoms. The fourth-order valence-corrected chi connectivity index (χ4v) is 2.74. The first-order chi connectivity index (χ1) is 12.7. The number of nitrogens with zero attached hydrogens (tertiary/aromatic N) is 3. The molecule has 0 bridgehead atoms. The van der Waals surface area contributed by atoms with Gasteiger partial charge in [0.25, 0.3) is 0 Å². The summed E-state index contributed by atoms with van der Waals surface area (Å²) in [6, 6.07) is 8.63. The predicted octanol–water partition coefficient (Wildman–Crippen LogP) is 6.42. The zero-order chi connectivity index (χ0) is 20.1. The van der Waals surface area contributed by atoms with Gasteiger partial charge < -0.3 is 0 Å². The van der Waals surface area contributed by atoms with E-state index in [-0.39, 0.29) is 10.8 Å². The molecule has 0 aliphatic carbocycles. The quantitative estimate of drug-likeness (QED) is 0.380. The van der Waals surface area contributed by atoms with Crippen molar-refractivity contribution >= 4 is 0 Å². The first-order valence-electron chi connectivity index (χ1n) is 10.2. The third-order valence-electron chi connectivity index (χ3n) is 5.67. The molecule has 2 aromatic rings. The number of aromatic nitrogens is 3. The minimum atomic E-state index is -0.0716. The standard InChI is InChI=1S/C24H35N3/c1-8-11-12-14-18-15-13-16-19(17-18)20-25-21(23(4,5)9-2)27-22(26-20)24(6,7)10-3/h8,13,15-17H,1,9-12,14H2,2-7H3. The van der Waals surface area contributed by atoms with Crippen LogP contribution < -0.4 is 0 Å². The van der Waals surface area contributed by atoms with E-state index in [2.05, 4.69) is 72.4 Å². The zero-order valence-corrected chi connectivity index (χ0v) is 18.0. The van der Waals surface area contributed by atoms with Gasteiger partial charge in [-0.15, -0.1) is 6.58 Å². The molecular weight excluding hydrogens is 330 g/mol. The third-order valence-corrected chi connectivity index (χ3v) is 5.67. The van der Waals surface area contributed by atoms with Crippen LogP contribution in [0.4, 0.5) is 0 Å². The minimum absolute atomic E-state index is 0.0716. The van der Waals surface area contributed by atoms with Crippen molar-refractivity contribution < 1.29 is 0 Å². The maximum Gasteiger partial charge on any atom is 0.163 e. The Balaban J connectivity index is 2.52. The van der Waals surface area contributed by atoms with Crippen molar-refractivity contribution in [1.29, 1.82) is 0 Å². The lowest BCUT2D eigenvalue weighted by Gasteiger charge is -2.26. The fraction of sp³-hybridized carbons (Fsp3) is 0.542. The van der Waals surface area contributed by atoms with E-state index in [9.17, 15) is 0 Å². The highest BCUT2D eigenvalue weighted by molar-refractivity contribution is 5.56. The molecule has 0 amide bonds. The van der Waals surface area contributed by atoms with E-state index >= 15 is 0 Å². The van der Waals surface area contributed by atoms with Crippen LogP contribution in [0.3, 0.4) is 0 Å². The number of allylic oxidation sites excluding steroid dienone is 1. The van der Waals surface area contributed by atoms with Crippen LogP contribution >= 0.6 is 0 Å². The van der Waals surface area contributed by atoms with Crippen molar-refractivity contribution in [3.8, 4) is 11.4 Å². The number of hydrogen-bond donors (Lipinski definition) is 0. The maximum absolute atomic E-state index is 4.89. The van der Waals surface area contributed by atoms with Crippen molar-refractivity contribution in [1.82, 2.24) is 15.0 Å². The Morgan fingerprint density at radius 1 is 0.926 bits per heavy atom. The highest BCUT2D eigenvalue weighted by atomic mass is 15.1. The second-order valence-electron chi connectivity index (χ2n) is 8.66. The second kappa shape index (κ2) is 8.77. The summed E-state index contributed by atoms with van der Waals surface area (Å²) in [6.45, 7) is 17.0. The molecule has 1 heterocycles. The maximum atomic E-state index is 4.89. The number of aryl methyl sites for hydroxylation is 1. The van der Waals surface area contributed by atoms with Gasteiger partial charge in [0.1, 0.15) is 11.6 Å². The summed E-state index contributed by atoms with van der Waals surface area (Å²) in [7, 11) is 0. The molecule has 2 rings (SSSR count). The Hall–Kier alpha value is -2.03. The van der Waals surface area contributed by atoms with Crippen LogP contribution in [0.2, 0.25) is 0 Å². The molecule has 1 aromatic heterocycles. The largest absolute Gasteiger partial charge is 0.217 e. The van der Waals surface area contributed by atoms with Crippen molar-refractivity contribution in [2.24, 2.45) is 0 Å². The summed E-state index contributed by atoms with van der Waals surface area (Å²) in [4.78, 5) is 14.7. The molecule has 0 saturated carbocycles. The van der Waals surface area contributed by atoms with E-state index in [0.717, 1.165) is 55.1 Å². The molecule has 0 N–H and O–H groups in total. The van der Waals surface area contributed by atoms with Gasteiger partial charge in [0.15, 0.2) is 5.82 Å². The van der Waals surface area contributed by atoms with Crippen LogP contribution in [-0.4, -0.2) is 15.0 Å². The molecule has 0 spiro atoms. The monoisotopic (exact) mass is 365 g/mol. The summed E-state index contributed by atoms with van der Waals surface area (Å²) < 4.78 is 0. The predicted molar refractivity (Wildman–Crippen MR) is 115 cm³/mol. The molecular formula is C24H35N3. The highest BCUT2D eigenvalue weighted by Gasteiger charge is 2.28. The van der Waals surface area contributed by atoms with Crippen molar-refractivity contribution in [2.45, 2.75) is 84.5 Å². The van der Waals surface area contributed by atoms with E-state index in [1.165, 1.54) is 5.56 Å². The van der Waals surface area contributed by atoms with Gasteiger partial charge in [0.05, 0.1) is 0 Å². The fourth-order valence-electron chi connectivity index (χ4n) is 2.74. The smallest absolute Gasteiger partial charge is 0.163 e. The first kappa shape index (κ1) is 21.3. The second-order valence-corrected chi connectivity index (χ2v) is 8.66. The summed E-state index contributed by atoms with van der Waals surface area (Å²) >= 11 is 0. The van der Waals surface area contributed by atoms with Crippen molar-refractivity contribution in [2.75, 3.05) is 0 Å². The molecule has 3 heteroatoms. The Labute approximate surface area is 165 Å². The van der Waals surface area contributed by atoms with Crippen LogP contribution in [0.5, 0.6) is 0 Å². The number of benzene rings is 1. The molecule has 1 aromatic carbocycles. The van der Waals surface area contributed by atoms with Gasteiger partial charge in [-0.2, -0.15) is 0 Å². The molecule has 0 unspecified atom stereocenters. The average molecular weight is 366 g/mol. The Morgan fingerprint density at radius 3 is 2.04 bits per heavy atom. The van der Waals surface area contributed by atoms with E-state index in [1.54, 1.807) is 0 Å². The normalized spacial score (nSPS) is 12.2. The van der Waals surface area contributed by atoms with Gasteiger partial charge in [0.2, 0.25) is 0 Å². The Kier molecular flexibility index (Phi) is 6.91. The van der Waals surface area contributed by atoms with Crippen LogP contribution in [0.15, 0.2) is 36.9 Å².